The van der Waals surface area contributed by atoms with Gasteiger partial charge in [0.25, 0.3) is 0 Å². The van der Waals surface area contributed by atoms with Gasteiger partial charge < -0.3 is 20.8 Å². The Kier molecular flexibility index (Phi) is 3.23. The Balaban J connectivity index is 2.30. The number of aromatic nitrogens is 2. The molecule has 1 aliphatic heterocycles. The van der Waals surface area contributed by atoms with Crippen molar-refractivity contribution in [3.05, 3.63) is 17.5 Å². The van der Waals surface area contributed by atoms with Gasteiger partial charge in [-0.25, -0.2) is 9.97 Å². The van der Waals surface area contributed by atoms with Crippen molar-refractivity contribution >= 4 is 23.2 Å². The van der Waals surface area contributed by atoms with Crippen LogP contribution in [0.4, 0.5) is 5.95 Å². The molecule has 0 aromatic carbocycles. The van der Waals surface area contributed by atoms with Crippen LogP contribution in [0.5, 0.6) is 0 Å². The van der Waals surface area contributed by atoms with Gasteiger partial charge >= 0.3 is 0 Å². The minimum atomic E-state index is -0.771. The highest BCUT2D eigenvalue weighted by atomic mass is 32.1. The lowest BCUT2D eigenvalue weighted by Gasteiger charge is -2.16. The Hall–Kier alpha value is -1.31. The molecule has 2 heterocycles. The molecule has 0 saturated carbocycles. The summed E-state index contributed by atoms with van der Waals surface area (Å²) < 4.78 is 0. The monoisotopic (exact) mass is 254 g/mol. The molecule has 6 nitrogen and oxygen atoms in total. The van der Waals surface area contributed by atoms with Gasteiger partial charge in [-0.1, -0.05) is 12.2 Å². The lowest BCUT2D eigenvalue weighted by Crippen LogP contribution is -2.25. The van der Waals surface area contributed by atoms with E-state index in [1.165, 1.54) is 0 Å². The van der Waals surface area contributed by atoms with Crippen LogP contribution >= 0.6 is 12.2 Å². The summed E-state index contributed by atoms with van der Waals surface area (Å²) in [7, 11) is 0. The first kappa shape index (κ1) is 12.2. The van der Waals surface area contributed by atoms with Crippen molar-refractivity contribution < 1.29 is 10.2 Å². The van der Waals surface area contributed by atoms with Crippen LogP contribution in [0.15, 0.2) is 6.07 Å². The molecular formula is C10H14N4O2S. The number of aryl methyl sites for hydroxylation is 1. The van der Waals surface area contributed by atoms with E-state index in [-0.39, 0.29) is 4.99 Å². The van der Waals surface area contributed by atoms with Gasteiger partial charge in [0.15, 0.2) is 0 Å². The Bertz CT molecular complexity index is 444. The highest BCUT2D eigenvalue weighted by Crippen LogP contribution is 2.17. The molecule has 2 unspecified atom stereocenters. The van der Waals surface area contributed by atoms with Crippen LogP contribution in [0.2, 0.25) is 0 Å². The number of hydrogen-bond acceptors (Lipinski definition) is 6. The quantitative estimate of drug-likeness (QED) is 0.580. The fourth-order valence-corrected chi connectivity index (χ4v) is 1.86. The summed E-state index contributed by atoms with van der Waals surface area (Å²) in [4.78, 5) is 10.4. The normalized spacial score (nSPS) is 24.1. The summed E-state index contributed by atoms with van der Waals surface area (Å²) in [6.07, 6.45) is -1.54. The van der Waals surface area contributed by atoms with Crippen molar-refractivity contribution in [1.29, 1.82) is 0 Å². The third kappa shape index (κ3) is 2.51. The lowest BCUT2D eigenvalue weighted by atomic mass is 10.3. The second kappa shape index (κ2) is 4.52. The van der Waals surface area contributed by atoms with Crippen LogP contribution in [0, 0.1) is 6.92 Å². The number of hydrogen-bond donors (Lipinski definition) is 3. The molecule has 2 atom stereocenters. The van der Waals surface area contributed by atoms with E-state index in [1.807, 2.05) is 6.92 Å². The molecule has 1 fully saturated rings. The molecule has 1 aromatic heterocycles. The van der Waals surface area contributed by atoms with Crippen molar-refractivity contribution in [3.8, 4) is 0 Å². The molecule has 0 aliphatic carbocycles. The van der Waals surface area contributed by atoms with Crippen LogP contribution < -0.4 is 10.6 Å². The molecule has 0 bridgehead atoms. The van der Waals surface area contributed by atoms with Gasteiger partial charge in [-0.05, 0) is 13.0 Å². The number of nitrogens with zero attached hydrogens (tertiary/aromatic N) is 3. The summed E-state index contributed by atoms with van der Waals surface area (Å²) in [5, 5.41) is 19.0. The van der Waals surface area contributed by atoms with Crippen molar-refractivity contribution in [3.63, 3.8) is 0 Å². The van der Waals surface area contributed by atoms with Crippen LogP contribution in [-0.4, -0.2) is 50.5 Å². The first-order valence-electron chi connectivity index (χ1n) is 5.24. The molecule has 0 spiro atoms. The molecule has 1 aliphatic rings. The van der Waals surface area contributed by atoms with E-state index in [0.29, 0.717) is 24.7 Å². The van der Waals surface area contributed by atoms with Gasteiger partial charge in [-0.2, -0.15) is 0 Å². The maximum absolute atomic E-state index is 9.48. The maximum Gasteiger partial charge on any atom is 0.226 e. The summed E-state index contributed by atoms with van der Waals surface area (Å²) in [5.41, 5.74) is 6.77. The predicted octanol–water partition coefficient (Wildman–Crippen LogP) is -1.04. The highest BCUT2D eigenvalue weighted by Gasteiger charge is 2.31. The van der Waals surface area contributed by atoms with Crippen LogP contribution in [-0.2, 0) is 0 Å². The molecule has 7 heteroatoms. The molecule has 1 aromatic rings. The van der Waals surface area contributed by atoms with Crippen molar-refractivity contribution in [2.45, 2.75) is 19.1 Å². The minimum absolute atomic E-state index is 0.206. The van der Waals surface area contributed by atoms with Crippen molar-refractivity contribution in [1.82, 2.24) is 9.97 Å². The first-order valence-corrected chi connectivity index (χ1v) is 5.65. The van der Waals surface area contributed by atoms with E-state index in [2.05, 4.69) is 9.97 Å². The van der Waals surface area contributed by atoms with Gasteiger partial charge in [0.1, 0.15) is 10.7 Å². The van der Waals surface area contributed by atoms with E-state index >= 15 is 0 Å². The third-order valence-corrected chi connectivity index (χ3v) is 2.85. The zero-order valence-electron chi connectivity index (χ0n) is 9.37. The average Bonchev–Trinajstić information content (AvgIpc) is 2.58. The summed E-state index contributed by atoms with van der Waals surface area (Å²) in [6, 6.07) is 1.70. The fourth-order valence-electron chi connectivity index (χ4n) is 1.75. The van der Waals surface area contributed by atoms with Gasteiger partial charge in [-0.3, -0.25) is 0 Å². The number of anilines is 1. The van der Waals surface area contributed by atoms with Gasteiger partial charge in [0, 0.05) is 18.8 Å². The standard InChI is InChI=1S/C10H14N4O2S/c1-5-2-6(9(11)17)13-10(12-5)14-3-7(15)8(16)4-14/h2,7-8,15-16H,3-4H2,1H3,(H2,11,17). The fraction of sp³-hybridized carbons (Fsp3) is 0.500. The summed E-state index contributed by atoms with van der Waals surface area (Å²) >= 11 is 4.87. The largest absolute Gasteiger partial charge is 0.388 e. The number of β-amino-alcohol motifs (C(OH)–C–C–N with tert-alkyl or cyclic N) is 2. The van der Waals surface area contributed by atoms with Crippen molar-refractivity contribution in [2.75, 3.05) is 18.0 Å². The Morgan fingerprint density at radius 1 is 1.41 bits per heavy atom. The van der Waals surface area contributed by atoms with E-state index in [1.54, 1.807) is 11.0 Å². The summed E-state index contributed by atoms with van der Waals surface area (Å²) in [6.45, 7) is 2.43. The summed E-state index contributed by atoms with van der Waals surface area (Å²) in [5.74, 6) is 0.434. The number of aliphatic hydroxyl groups is 2. The van der Waals surface area contributed by atoms with Gasteiger partial charge in [0.05, 0.1) is 12.2 Å². The SMILES string of the molecule is Cc1cc(C(N)=S)nc(N2CC(O)C(O)C2)n1. The molecule has 0 radical (unpaired) electrons. The maximum atomic E-state index is 9.48. The molecular weight excluding hydrogens is 240 g/mol. The molecule has 92 valence electrons. The lowest BCUT2D eigenvalue weighted by molar-refractivity contribution is 0.0572. The molecule has 1 saturated heterocycles. The number of rotatable bonds is 2. The Morgan fingerprint density at radius 3 is 2.53 bits per heavy atom. The van der Waals surface area contributed by atoms with E-state index in [0.717, 1.165) is 5.69 Å². The van der Waals surface area contributed by atoms with Crippen molar-refractivity contribution in [2.24, 2.45) is 5.73 Å². The molecule has 4 N–H and O–H groups in total. The second-order valence-electron chi connectivity index (χ2n) is 4.10. The number of thiocarbonyl (C=S) groups is 1. The molecule has 17 heavy (non-hydrogen) atoms. The zero-order valence-corrected chi connectivity index (χ0v) is 10.2. The molecule has 0 amide bonds. The predicted molar refractivity (Wildman–Crippen MR) is 66.9 cm³/mol. The molecule has 2 rings (SSSR count). The second-order valence-corrected chi connectivity index (χ2v) is 4.54. The number of nitrogens with two attached hydrogens (primary N) is 1. The van der Waals surface area contributed by atoms with E-state index in [4.69, 9.17) is 18.0 Å². The first-order chi connectivity index (χ1) is 7.97. The minimum Gasteiger partial charge on any atom is -0.388 e. The van der Waals surface area contributed by atoms with Crippen LogP contribution in [0.25, 0.3) is 0 Å². The Labute approximate surface area is 104 Å². The van der Waals surface area contributed by atoms with Gasteiger partial charge in [0.2, 0.25) is 5.95 Å². The average molecular weight is 254 g/mol. The van der Waals surface area contributed by atoms with E-state index < -0.39 is 12.2 Å². The Morgan fingerprint density at radius 2 is 2.00 bits per heavy atom. The highest BCUT2D eigenvalue weighted by molar-refractivity contribution is 7.80. The number of aliphatic hydroxyl groups excluding tert-OH is 2. The zero-order chi connectivity index (χ0) is 12.6. The smallest absolute Gasteiger partial charge is 0.226 e. The topological polar surface area (TPSA) is 95.5 Å². The van der Waals surface area contributed by atoms with E-state index in [9.17, 15) is 10.2 Å². The van der Waals surface area contributed by atoms with Crippen LogP contribution in [0.1, 0.15) is 11.4 Å². The third-order valence-electron chi connectivity index (χ3n) is 2.64. The van der Waals surface area contributed by atoms with Gasteiger partial charge in [-0.15, -0.1) is 0 Å². The van der Waals surface area contributed by atoms with Crippen LogP contribution in [0.3, 0.4) is 0 Å².